The van der Waals surface area contributed by atoms with Crippen LogP contribution >= 0.6 is 0 Å². The second-order valence-electron chi connectivity index (χ2n) is 6.16. The van der Waals surface area contributed by atoms with Crippen LogP contribution in [-0.2, 0) is 10.2 Å². The fourth-order valence-corrected chi connectivity index (χ4v) is 3.32. The predicted molar refractivity (Wildman–Crippen MR) is 87.0 cm³/mol. The van der Waals surface area contributed by atoms with E-state index in [1.165, 1.54) is 11.6 Å². The number of benzene rings is 1. The molecule has 0 spiro atoms. The Balaban J connectivity index is 1.60. The van der Waals surface area contributed by atoms with Crippen molar-refractivity contribution in [3.63, 3.8) is 0 Å². The summed E-state index contributed by atoms with van der Waals surface area (Å²) in [5, 5.41) is 3.28. The molecule has 0 saturated carbocycles. The van der Waals surface area contributed by atoms with Crippen LogP contribution in [0.4, 0.5) is 10.2 Å². The molecule has 2 aromatic rings. The molecule has 1 aromatic heterocycles. The van der Waals surface area contributed by atoms with Gasteiger partial charge in [-0.1, -0.05) is 12.1 Å². The summed E-state index contributed by atoms with van der Waals surface area (Å²) in [6.45, 7) is 2.33. The number of fused-ring (bicyclic) bond motifs is 1. The summed E-state index contributed by atoms with van der Waals surface area (Å²) in [7, 11) is 0. The van der Waals surface area contributed by atoms with Crippen molar-refractivity contribution in [3.8, 4) is 11.5 Å². The average molecular weight is 330 g/mol. The summed E-state index contributed by atoms with van der Waals surface area (Å²) in [6.07, 6.45) is 1.77. The van der Waals surface area contributed by atoms with Gasteiger partial charge in [-0.3, -0.25) is 0 Å². The highest BCUT2D eigenvalue weighted by molar-refractivity contribution is 5.47. The maximum Gasteiger partial charge on any atom is 0.231 e. The van der Waals surface area contributed by atoms with Gasteiger partial charge in [0, 0.05) is 25.2 Å². The van der Waals surface area contributed by atoms with Crippen LogP contribution in [0.15, 0.2) is 36.4 Å². The molecule has 1 fully saturated rings. The monoisotopic (exact) mass is 330 g/mol. The number of rotatable bonds is 4. The van der Waals surface area contributed by atoms with Crippen molar-refractivity contribution < 1.29 is 18.6 Å². The van der Waals surface area contributed by atoms with Crippen LogP contribution in [0.2, 0.25) is 0 Å². The quantitative estimate of drug-likeness (QED) is 0.873. The minimum atomic E-state index is -0.482. The third-order valence-electron chi connectivity index (χ3n) is 4.76. The van der Waals surface area contributed by atoms with Gasteiger partial charge in [-0.15, -0.1) is 0 Å². The van der Waals surface area contributed by atoms with E-state index in [1.807, 2.05) is 12.1 Å². The molecule has 1 aromatic carbocycles. The van der Waals surface area contributed by atoms with E-state index in [9.17, 15) is 4.39 Å². The number of hydrogen-bond acceptors (Lipinski definition) is 5. The Kier molecular flexibility index (Phi) is 3.98. The Morgan fingerprint density at radius 1 is 1.08 bits per heavy atom. The van der Waals surface area contributed by atoms with Crippen molar-refractivity contribution in [1.82, 2.24) is 4.98 Å². The Morgan fingerprint density at radius 3 is 2.75 bits per heavy atom. The minimum absolute atomic E-state index is 0.104. The molecule has 1 N–H and O–H groups in total. The lowest BCUT2D eigenvalue weighted by Crippen LogP contribution is -2.40. The van der Waals surface area contributed by atoms with E-state index in [-0.39, 0.29) is 12.2 Å². The van der Waals surface area contributed by atoms with Gasteiger partial charge in [0.25, 0.3) is 0 Å². The third-order valence-corrected chi connectivity index (χ3v) is 4.76. The molecular formula is C18H19FN2O3. The lowest BCUT2D eigenvalue weighted by Gasteiger charge is -2.38. The zero-order valence-electron chi connectivity index (χ0n) is 13.3. The minimum Gasteiger partial charge on any atom is -0.454 e. The molecule has 0 bridgehead atoms. The lowest BCUT2D eigenvalue weighted by atomic mass is 9.74. The van der Waals surface area contributed by atoms with Crippen LogP contribution in [0.3, 0.4) is 0 Å². The second kappa shape index (κ2) is 6.28. The van der Waals surface area contributed by atoms with E-state index >= 15 is 0 Å². The van der Waals surface area contributed by atoms with Gasteiger partial charge >= 0.3 is 0 Å². The summed E-state index contributed by atoms with van der Waals surface area (Å²) in [6, 6.07) is 10.9. The predicted octanol–water partition coefficient (Wildman–Crippen LogP) is 3.11. The molecule has 0 radical (unpaired) electrons. The van der Waals surface area contributed by atoms with Crippen molar-refractivity contribution in [2.75, 3.05) is 31.9 Å². The first-order chi connectivity index (χ1) is 11.8. The summed E-state index contributed by atoms with van der Waals surface area (Å²) in [5.41, 5.74) is 1.08. The van der Waals surface area contributed by atoms with Gasteiger partial charge in [0.1, 0.15) is 5.82 Å². The van der Waals surface area contributed by atoms with Gasteiger partial charge in [-0.2, -0.15) is 4.39 Å². The maximum absolute atomic E-state index is 13.3. The smallest absolute Gasteiger partial charge is 0.231 e. The Labute approximate surface area is 139 Å². The normalized spacial score (nSPS) is 18.4. The Hall–Kier alpha value is -2.34. The summed E-state index contributed by atoms with van der Waals surface area (Å²) in [4.78, 5) is 3.89. The Morgan fingerprint density at radius 2 is 1.92 bits per heavy atom. The summed E-state index contributed by atoms with van der Waals surface area (Å²) in [5.74, 6) is 1.62. The van der Waals surface area contributed by atoms with Crippen molar-refractivity contribution in [3.05, 3.63) is 47.9 Å². The van der Waals surface area contributed by atoms with Gasteiger partial charge in [0.15, 0.2) is 11.5 Å². The number of pyridine rings is 1. The van der Waals surface area contributed by atoms with Crippen molar-refractivity contribution in [1.29, 1.82) is 0 Å². The van der Waals surface area contributed by atoms with Crippen LogP contribution in [0, 0.1) is 5.95 Å². The molecule has 126 valence electrons. The van der Waals surface area contributed by atoms with Crippen molar-refractivity contribution >= 4 is 5.82 Å². The highest BCUT2D eigenvalue weighted by Crippen LogP contribution is 2.40. The fourth-order valence-electron chi connectivity index (χ4n) is 3.32. The molecule has 5 nitrogen and oxygen atoms in total. The molecule has 3 heterocycles. The number of nitrogens with zero attached hydrogens (tertiary/aromatic N) is 1. The van der Waals surface area contributed by atoms with Gasteiger partial charge in [0.2, 0.25) is 12.7 Å². The molecule has 2 aliphatic heterocycles. The first kappa shape index (κ1) is 15.2. The van der Waals surface area contributed by atoms with Crippen LogP contribution in [-0.4, -0.2) is 31.5 Å². The highest BCUT2D eigenvalue weighted by atomic mass is 19.1. The molecular weight excluding hydrogens is 311 g/mol. The molecule has 0 amide bonds. The average Bonchev–Trinajstić information content (AvgIpc) is 3.09. The molecule has 0 unspecified atom stereocenters. The first-order valence-corrected chi connectivity index (χ1v) is 8.10. The molecule has 1 saturated heterocycles. The van der Waals surface area contributed by atoms with E-state index in [4.69, 9.17) is 14.2 Å². The van der Waals surface area contributed by atoms with Crippen molar-refractivity contribution in [2.24, 2.45) is 0 Å². The van der Waals surface area contributed by atoms with Crippen LogP contribution < -0.4 is 14.8 Å². The van der Waals surface area contributed by atoms with E-state index in [1.54, 1.807) is 12.1 Å². The zero-order valence-corrected chi connectivity index (χ0v) is 13.3. The number of hydrogen-bond donors (Lipinski definition) is 1. The first-order valence-electron chi connectivity index (χ1n) is 8.10. The topological polar surface area (TPSA) is 52.6 Å². The molecule has 0 aliphatic carbocycles. The SMILES string of the molecule is Fc1cccc(NCC2(c3ccc4c(c3)OCO4)CCOCC2)n1. The largest absolute Gasteiger partial charge is 0.454 e. The number of ether oxygens (including phenoxy) is 3. The van der Waals surface area contributed by atoms with Crippen molar-refractivity contribution in [2.45, 2.75) is 18.3 Å². The summed E-state index contributed by atoms with van der Waals surface area (Å²) >= 11 is 0. The van der Waals surface area contributed by atoms with Gasteiger partial charge in [-0.05, 0) is 42.7 Å². The van der Waals surface area contributed by atoms with E-state index in [0.717, 1.165) is 24.3 Å². The van der Waals surface area contributed by atoms with Gasteiger partial charge in [-0.25, -0.2) is 4.98 Å². The lowest BCUT2D eigenvalue weighted by molar-refractivity contribution is 0.0543. The number of aromatic nitrogens is 1. The standard InChI is InChI=1S/C18H19FN2O3/c19-16-2-1-3-17(21-16)20-11-18(6-8-22-9-7-18)13-4-5-14-15(10-13)24-12-23-14/h1-5,10H,6-9,11-12H2,(H,20,21). The molecule has 0 atom stereocenters. The van der Waals surface area contributed by atoms with Gasteiger partial charge < -0.3 is 19.5 Å². The maximum atomic E-state index is 13.3. The number of anilines is 1. The van der Waals surface area contributed by atoms with E-state index in [0.29, 0.717) is 25.6 Å². The molecule has 4 rings (SSSR count). The number of halogens is 1. The third kappa shape index (κ3) is 2.89. The molecule has 2 aliphatic rings. The van der Waals surface area contributed by atoms with E-state index in [2.05, 4.69) is 16.4 Å². The van der Waals surface area contributed by atoms with Gasteiger partial charge in [0.05, 0.1) is 0 Å². The Bertz CT molecular complexity index is 732. The fraction of sp³-hybridized carbons (Fsp3) is 0.389. The number of nitrogens with one attached hydrogen (secondary N) is 1. The highest BCUT2D eigenvalue weighted by Gasteiger charge is 2.35. The zero-order chi connectivity index (χ0) is 16.4. The molecule has 6 heteroatoms. The van der Waals surface area contributed by atoms with Crippen LogP contribution in [0.25, 0.3) is 0 Å². The summed E-state index contributed by atoms with van der Waals surface area (Å²) < 4.78 is 29.8. The van der Waals surface area contributed by atoms with E-state index < -0.39 is 5.95 Å². The second-order valence-corrected chi connectivity index (χ2v) is 6.16. The molecule has 24 heavy (non-hydrogen) atoms. The van der Waals surface area contributed by atoms with Crippen LogP contribution in [0.5, 0.6) is 11.5 Å². The van der Waals surface area contributed by atoms with Crippen LogP contribution in [0.1, 0.15) is 18.4 Å².